The molecule has 4 nitrogen and oxygen atoms in total. The van der Waals surface area contributed by atoms with Crippen molar-refractivity contribution in [1.29, 1.82) is 0 Å². The maximum Gasteiger partial charge on any atom is 0.228 e. The van der Waals surface area contributed by atoms with E-state index < -0.39 is 0 Å². The van der Waals surface area contributed by atoms with Gasteiger partial charge in [0.1, 0.15) is 0 Å². The fourth-order valence-electron chi connectivity index (χ4n) is 2.89. The van der Waals surface area contributed by atoms with Crippen molar-refractivity contribution >= 4 is 17.3 Å². The number of carbonyl (C=O) groups excluding carboxylic acids is 1. The molecule has 108 valence electrons. The van der Waals surface area contributed by atoms with Crippen molar-refractivity contribution in [2.75, 3.05) is 5.32 Å². The number of carbonyl (C=O) groups is 1. The van der Waals surface area contributed by atoms with Gasteiger partial charge >= 0.3 is 0 Å². The molecule has 20 heavy (non-hydrogen) atoms. The molecule has 1 unspecified atom stereocenters. The lowest BCUT2D eigenvalue weighted by Gasteiger charge is -2.25. The number of anilines is 1. The van der Waals surface area contributed by atoms with Gasteiger partial charge in [-0.2, -0.15) is 0 Å². The molecule has 1 aliphatic carbocycles. The van der Waals surface area contributed by atoms with E-state index in [-0.39, 0.29) is 17.2 Å². The van der Waals surface area contributed by atoms with Crippen LogP contribution in [0.4, 0.5) is 5.69 Å². The lowest BCUT2D eigenvalue weighted by atomic mass is 9.81. The molecule has 1 aliphatic rings. The van der Waals surface area contributed by atoms with Gasteiger partial charge in [0.25, 0.3) is 0 Å². The number of hydrogen-bond acceptors (Lipinski definition) is 3. The highest BCUT2D eigenvalue weighted by Crippen LogP contribution is 2.43. The summed E-state index contributed by atoms with van der Waals surface area (Å²) in [5.74, 6) is 0.190. The Kier molecular flexibility index (Phi) is 4.12. The van der Waals surface area contributed by atoms with E-state index in [9.17, 15) is 4.79 Å². The molecule has 0 heterocycles. The van der Waals surface area contributed by atoms with Crippen LogP contribution in [0.25, 0.3) is 0 Å². The largest absolute Gasteiger partial charge is 0.411 e. The van der Waals surface area contributed by atoms with E-state index in [1.807, 2.05) is 24.3 Å². The molecule has 1 fully saturated rings. The van der Waals surface area contributed by atoms with Crippen molar-refractivity contribution in [3.63, 3.8) is 0 Å². The Morgan fingerprint density at radius 2 is 2.00 bits per heavy atom. The molecular formula is C16H22N2O2. The predicted octanol–water partition coefficient (Wildman–Crippen LogP) is 3.65. The smallest absolute Gasteiger partial charge is 0.228 e. The first-order valence-electron chi connectivity index (χ1n) is 7.04. The lowest BCUT2D eigenvalue weighted by molar-refractivity contribution is -0.122. The minimum absolute atomic E-state index is 0.0860. The molecule has 0 aromatic heterocycles. The summed E-state index contributed by atoms with van der Waals surface area (Å²) in [5.41, 5.74) is 2.27. The summed E-state index contributed by atoms with van der Waals surface area (Å²) in [7, 11) is 0. The molecule has 1 aromatic carbocycles. The van der Waals surface area contributed by atoms with Gasteiger partial charge in [0.15, 0.2) is 0 Å². The Bertz CT molecular complexity index is 518. The number of rotatable bonds is 3. The van der Waals surface area contributed by atoms with Crippen molar-refractivity contribution in [3.05, 3.63) is 29.8 Å². The molecule has 0 radical (unpaired) electrons. The van der Waals surface area contributed by atoms with Crippen molar-refractivity contribution in [2.45, 2.75) is 40.0 Å². The molecule has 0 saturated heterocycles. The third-order valence-electron chi connectivity index (χ3n) is 4.29. The topological polar surface area (TPSA) is 61.7 Å². The average Bonchev–Trinajstić information content (AvgIpc) is 2.78. The zero-order chi connectivity index (χ0) is 14.8. The maximum atomic E-state index is 12.3. The van der Waals surface area contributed by atoms with Gasteiger partial charge in [-0.25, -0.2) is 0 Å². The van der Waals surface area contributed by atoms with Crippen molar-refractivity contribution < 1.29 is 10.0 Å². The normalized spacial score (nSPS) is 21.8. The van der Waals surface area contributed by atoms with Crippen LogP contribution in [0.2, 0.25) is 0 Å². The summed E-state index contributed by atoms with van der Waals surface area (Å²) in [6.45, 7) is 6.05. The van der Waals surface area contributed by atoms with Gasteiger partial charge in [-0.15, -0.1) is 0 Å². The van der Waals surface area contributed by atoms with Crippen LogP contribution in [-0.4, -0.2) is 16.8 Å². The van der Waals surface area contributed by atoms with Crippen LogP contribution in [0.5, 0.6) is 0 Å². The number of amides is 1. The molecule has 1 atom stereocenters. The summed E-state index contributed by atoms with van der Waals surface area (Å²) < 4.78 is 0. The number of nitrogens with zero attached hydrogens (tertiary/aromatic N) is 1. The predicted molar refractivity (Wildman–Crippen MR) is 80.2 cm³/mol. The summed E-state index contributed by atoms with van der Waals surface area (Å²) in [5, 5.41) is 14.9. The fourth-order valence-corrected chi connectivity index (χ4v) is 2.89. The van der Waals surface area contributed by atoms with Crippen molar-refractivity contribution in [1.82, 2.24) is 0 Å². The van der Waals surface area contributed by atoms with Crippen LogP contribution in [0.15, 0.2) is 29.4 Å². The minimum atomic E-state index is 0.0860. The number of nitrogens with one attached hydrogen (secondary N) is 1. The Labute approximate surface area is 119 Å². The summed E-state index contributed by atoms with van der Waals surface area (Å²) >= 11 is 0. The molecule has 0 bridgehead atoms. The van der Waals surface area contributed by atoms with E-state index in [0.717, 1.165) is 30.5 Å². The van der Waals surface area contributed by atoms with Gasteiger partial charge in [-0.1, -0.05) is 37.6 Å². The number of oxime groups is 1. The molecule has 1 amide bonds. The second kappa shape index (κ2) is 5.65. The third-order valence-corrected chi connectivity index (χ3v) is 4.29. The van der Waals surface area contributed by atoms with Crippen LogP contribution in [0.1, 0.15) is 45.6 Å². The fraction of sp³-hybridized carbons (Fsp3) is 0.500. The van der Waals surface area contributed by atoms with Gasteiger partial charge in [-0.05, 0) is 42.9 Å². The Morgan fingerprint density at radius 1 is 1.35 bits per heavy atom. The van der Waals surface area contributed by atoms with Gasteiger partial charge in [-0.3, -0.25) is 4.79 Å². The van der Waals surface area contributed by atoms with E-state index >= 15 is 0 Å². The summed E-state index contributed by atoms with van der Waals surface area (Å²) in [6, 6.07) is 7.35. The molecule has 0 aliphatic heterocycles. The first-order valence-corrected chi connectivity index (χ1v) is 7.04. The van der Waals surface area contributed by atoms with Gasteiger partial charge in [0, 0.05) is 11.6 Å². The molecule has 2 N–H and O–H groups in total. The standard InChI is InChI=1S/C16H22N2O2/c1-11(18-20)12-6-8-13(9-7-12)17-15(19)14-5-4-10-16(14,2)3/h6-9,14,20H,4-5,10H2,1-3H3,(H,17,19)/b18-11-. The first kappa shape index (κ1) is 14.6. The van der Waals surface area contributed by atoms with Crippen LogP contribution in [0, 0.1) is 11.3 Å². The molecule has 4 heteroatoms. The van der Waals surface area contributed by atoms with E-state index in [0.29, 0.717) is 5.71 Å². The highest BCUT2D eigenvalue weighted by Gasteiger charge is 2.39. The minimum Gasteiger partial charge on any atom is -0.411 e. The third kappa shape index (κ3) is 3.00. The maximum absolute atomic E-state index is 12.3. The van der Waals surface area contributed by atoms with Crippen molar-refractivity contribution in [2.24, 2.45) is 16.5 Å². The molecule has 1 aromatic rings. The van der Waals surface area contributed by atoms with E-state index in [2.05, 4.69) is 24.3 Å². The monoisotopic (exact) mass is 274 g/mol. The van der Waals surface area contributed by atoms with Gasteiger partial charge in [0.2, 0.25) is 5.91 Å². The SMILES string of the molecule is C/C(=N/O)c1ccc(NC(=O)C2CCCC2(C)C)cc1. The Balaban J connectivity index is 2.05. The quantitative estimate of drug-likeness (QED) is 0.502. The molecule has 2 rings (SSSR count). The summed E-state index contributed by atoms with van der Waals surface area (Å²) in [6.07, 6.45) is 3.19. The number of hydrogen-bond donors (Lipinski definition) is 2. The molecule has 1 saturated carbocycles. The molecular weight excluding hydrogens is 252 g/mol. The van der Waals surface area contributed by atoms with E-state index in [1.54, 1.807) is 6.92 Å². The molecule has 0 spiro atoms. The van der Waals surface area contributed by atoms with Crippen molar-refractivity contribution in [3.8, 4) is 0 Å². The average molecular weight is 274 g/mol. The highest BCUT2D eigenvalue weighted by atomic mass is 16.4. The number of benzene rings is 1. The zero-order valence-corrected chi connectivity index (χ0v) is 12.3. The van der Waals surface area contributed by atoms with Crippen LogP contribution >= 0.6 is 0 Å². The lowest BCUT2D eigenvalue weighted by Crippen LogP contribution is -2.30. The Morgan fingerprint density at radius 3 is 2.50 bits per heavy atom. The van der Waals surface area contributed by atoms with E-state index in [1.165, 1.54) is 0 Å². The highest BCUT2D eigenvalue weighted by molar-refractivity contribution is 5.99. The summed E-state index contributed by atoms with van der Waals surface area (Å²) in [4.78, 5) is 12.3. The Hall–Kier alpha value is -1.84. The van der Waals surface area contributed by atoms with E-state index in [4.69, 9.17) is 5.21 Å². The van der Waals surface area contributed by atoms with Gasteiger partial charge in [0.05, 0.1) is 5.71 Å². The first-order chi connectivity index (χ1) is 9.44. The van der Waals surface area contributed by atoms with Crippen LogP contribution < -0.4 is 5.32 Å². The zero-order valence-electron chi connectivity index (χ0n) is 12.3. The van der Waals surface area contributed by atoms with Crippen LogP contribution in [0.3, 0.4) is 0 Å². The second-order valence-electron chi connectivity index (χ2n) is 6.19. The second-order valence-corrected chi connectivity index (χ2v) is 6.19. The van der Waals surface area contributed by atoms with Crippen LogP contribution in [-0.2, 0) is 4.79 Å². The van der Waals surface area contributed by atoms with Gasteiger partial charge < -0.3 is 10.5 Å².